The minimum Gasteiger partial charge on any atom is -0.486 e. The number of benzene rings is 2. The molecule has 0 aliphatic carbocycles. The molecular weight excluding hydrogens is 293 g/mol. The van der Waals surface area contributed by atoms with E-state index in [2.05, 4.69) is 5.32 Å². The van der Waals surface area contributed by atoms with Crippen LogP contribution in [0.15, 0.2) is 36.4 Å². The lowest BCUT2D eigenvalue weighted by molar-refractivity contribution is 0.171. The Labute approximate surface area is 127 Å². The normalized spacial score (nSPS) is 14.8. The summed E-state index contributed by atoms with van der Waals surface area (Å²) in [6.45, 7) is 1.08. The molecule has 3 nitrogen and oxygen atoms in total. The summed E-state index contributed by atoms with van der Waals surface area (Å²) >= 11 is 6.09. The molecule has 1 aliphatic rings. The van der Waals surface area contributed by atoms with Gasteiger partial charge < -0.3 is 14.8 Å². The molecule has 2 aromatic carbocycles. The molecule has 1 atom stereocenters. The molecule has 1 N–H and O–H groups in total. The Hall–Kier alpha value is -1.78. The van der Waals surface area contributed by atoms with Crippen LogP contribution in [-0.2, 0) is 0 Å². The fourth-order valence-corrected chi connectivity index (χ4v) is 2.72. The minimum atomic E-state index is -0.424. The van der Waals surface area contributed by atoms with Crippen molar-refractivity contribution in [3.8, 4) is 11.5 Å². The maximum Gasteiger partial charge on any atom is 0.161 e. The second kappa shape index (κ2) is 5.92. The first-order valence-corrected chi connectivity index (χ1v) is 7.09. The molecule has 0 radical (unpaired) electrons. The molecule has 1 heterocycles. The van der Waals surface area contributed by atoms with Gasteiger partial charge in [0, 0.05) is 0 Å². The van der Waals surface area contributed by atoms with Crippen molar-refractivity contribution in [1.82, 2.24) is 5.32 Å². The highest BCUT2D eigenvalue weighted by Crippen LogP contribution is 2.36. The molecule has 0 saturated heterocycles. The Kier molecular flexibility index (Phi) is 3.99. The Bertz CT molecular complexity index is 663. The van der Waals surface area contributed by atoms with Crippen molar-refractivity contribution in [1.29, 1.82) is 0 Å². The number of nitrogens with one attached hydrogen (secondary N) is 1. The summed E-state index contributed by atoms with van der Waals surface area (Å²) in [4.78, 5) is 0. The molecular formula is C16H15ClFNO2. The number of rotatable bonds is 3. The Morgan fingerprint density at radius 1 is 1.14 bits per heavy atom. The highest BCUT2D eigenvalue weighted by atomic mass is 35.5. The van der Waals surface area contributed by atoms with Gasteiger partial charge in [-0.1, -0.05) is 29.8 Å². The average Bonchev–Trinajstić information content (AvgIpc) is 2.52. The summed E-state index contributed by atoms with van der Waals surface area (Å²) < 4.78 is 24.8. The predicted molar refractivity (Wildman–Crippen MR) is 79.7 cm³/mol. The molecule has 0 spiro atoms. The van der Waals surface area contributed by atoms with E-state index in [4.69, 9.17) is 21.1 Å². The van der Waals surface area contributed by atoms with Gasteiger partial charge in [-0.3, -0.25) is 0 Å². The van der Waals surface area contributed by atoms with Crippen LogP contribution in [0.4, 0.5) is 4.39 Å². The Balaban J connectivity index is 2.02. The Morgan fingerprint density at radius 2 is 1.90 bits per heavy atom. The van der Waals surface area contributed by atoms with Gasteiger partial charge in [0.2, 0.25) is 0 Å². The first-order chi connectivity index (χ1) is 10.2. The monoisotopic (exact) mass is 307 g/mol. The first kappa shape index (κ1) is 14.2. The smallest absolute Gasteiger partial charge is 0.161 e. The van der Waals surface area contributed by atoms with Gasteiger partial charge >= 0.3 is 0 Å². The summed E-state index contributed by atoms with van der Waals surface area (Å²) in [5, 5.41) is 3.29. The fourth-order valence-electron chi connectivity index (χ4n) is 2.48. The second-order valence-electron chi connectivity index (χ2n) is 4.77. The molecule has 0 amide bonds. The fraction of sp³-hybridized carbons (Fsp3) is 0.250. The summed E-state index contributed by atoms with van der Waals surface area (Å²) in [5.74, 6) is 1.00. The highest BCUT2D eigenvalue weighted by Gasteiger charge is 2.20. The van der Waals surface area contributed by atoms with E-state index in [1.807, 2.05) is 31.3 Å². The maximum atomic E-state index is 13.7. The third kappa shape index (κ3) is 2.69. The van der Waals surface area contributed by atoms with Crippen molar-refractivity contribution in [2.24, 2.45) is 0 Å². The van der Waals surface area contributed by atoms with Crippen molar-refractivity contribution in [2.75, 3.05) is 20.3 Å². The number of fused-ring (bicyclic) bond motifs is 1. The molecule has 0 fully saturated rings. The van der Waals surface area contributed by atoms with Crippen LogP contribution in [-0.4, -0.2) is 20.3 Å². The third-order valence-corrected chi connectivity index (χ3v) is 3.88. The van der Waals surface area contributed by atoms with E-state index in [9.17, 15) is 4.39 Å². The maximum absolute atomic E-state index is 13.7. The van der Waals surface area contributed by atoms with Crippen molar-refractivity contribution in [3.63, 3.8) is 0 Å². The van der Waals surface area contributed by atoms with Crippen LogP contribution >= 0.6 is 11.6 Å². The van der Waals surface area contributed by atoms with Gasteiger partial charge in [0.05, 0.1) is 11.1 Å². The molecule has 2 aromatic rings. The standard InChI is InChI=1S/C16H15ClFNO2/c1-19-16(11-3-2-4-12(18)15(11)17)10-5-6-13-14(9-10)21-8-7-20-13/h2-6,9,16,19H,7-8H2,1H3. The molecule has 3 rings (SSSR count). The van der Waals surface area contributed by atoms with Gasteiger partial charge in [0.1, 0.15) is 19.0 Å². The second-order valence-corrected chi connectivity index (χ2v) is 5.15. The van der Waals surface area contributed by atoms with Gasteiger partial charge in [-0.2, -0.15) is 0 Å². The van der Waals surface area contributed by atoms with E-state index in [0.717, 1.165) is 11.3 Å². The lowest BCUT2D eigenvalue weighted by Crippen LogP contribution is -2.20. The molecule has 110 valence electrons. The largest absolute Gasteiger partial charge is 0.486 e. The molecule has 21 heavy (non-hydrogen) atoms. The number of halogens is 2. The van der Waals surface area contributed by atoms with Crippen molar-refractivity contribution >= 4 is 11.6 Å². The van der Waals surface area contributed by atoms with E-state index < -0.39 is 5.82 Å². The zero-order valence-electron chi connectivity index (χ0n) is 11.5. The average molecular weight is 308 g/mol. The lowest BCUT2D eigenvalue weighted by atomic mass is 9.98. The topological polar surface area (TPSA) is 30.5 Å². The first-order valence-electron chi connectivity index (χ1n) is 6.71. The van der Waals surface area contributed by atoms with Crippen molar-refractivity contribution in [2.45, 2.75) is 6.04 Å². The quantitative estimate of drug-likeness (QED) is 0.940. The number of ether oxygens (including phenoxy) is 2. The zero-order chi connectivity index (χ0) is 14.8. The van der Waals surface area contributed by atoms with Gasteiger partial charge in [-0.15, -0.1) is 0 Å². The van der Waals surface area contributed by atoms with E-state index in [1.165, 1.54) is 6.07 Å². The van der Waals surface area contributed by atoms with E-state index in [-0.39, 0.29) is 11.1 Å². The van der Waals surface area contributed by atoms with Gasteiger partial charge in [-0.25, -0.2) is 4.39 Å². The molecule has 0 aromatic heterocycles. The Morgan fingerprint density at radius 3 is 2.67 bits per heavy atom. The SMILES string of the molecule is CNC(c1ccc2c(c1)OCCO2)c1cccc(F)c1Cl. The van der Waals surface area contributed by atoms with Gasteiger partial charge in [0.15, 0.2) is 11.5 Å². The van der Waals surface area contributed by atoms with Crippen molar-refractivity contribution < 1.29 is 13.9 Å². The van der Waals surface area contributed by atoms with E-state index in [0.29, 0.717) is 24.5 Å². The van der Waals surface area contributed by atoms with Crippen LogP contribution in [0, 0.1) is 5.82 Å². The summed E-state index contributed by atoms with van der Waals surface area (Å²) in [6, 6.07) is 10.3. The molecule has 1 aliphatic heterocycles. The van der Waals surface area contributed by atoms with Crippen LogP contribution in [0.25, 0.3) is 0 Å². The molecule has 5 heteroatoms. The van der Waals surface area contributed by atoms with Crippen LogP contribution in [0.5, 0.6) is 11.5 Å². The van der Waals surface area contributed by atoms with Crippen LogP contribution in [0.1, 0.15) is 17.2 Å². The van der Waals surface area contributed by atoms with Crippen LogP contribution in [0.3, 0.4) is 0 Å². The van der Waals surface area contributed by atoms with Crippen molar-refractivity contribution in [3.05, 3.63) is 58.4 Å². The summed E-state index contributed by atoms with van der Waals surface area (Å²) in [5.41, 5.74) is 1.63. The molecule has 0 saturated carbocycles. The summed E-state index contributed by atoms with van der Waals surface area (Å²) in [6.07, 6.45) is 0. The van der Waals surface area contributed by atoms with E-state index in [1.54, 1.807) is 6.07 Å². The van der Waals surface area contributed by atoms with Gasteiger partial charge in [0.25, 0.3) is 0 Å². The molecule has 1 unspecified atom stereocenters. The lowest BCUT2D eigenvalue weighted by Gasteiger charge is -2.23. The van der Waals surface area contributed by atoms with E-state index >= 15 is 0 Å². The number of hydrogen-bond acceptors (Lipinski definition) is 3. The zero-order valence-corrected chi connectivity index (χ0v) is 12.3. The predicted octanol–water partition coefficient (Wildman–Crippen LogP) is 3.56. The number of hydrogen-bond donors (Lipinski definition) is 1. The minimum absolute atomic E-state index is 0.131. The van der Waals surface area contributed by atoms with Gasteiger partial charge in [-0.05, 0) is 36.4 Å². The summed E-state index contributed by atoms with van der Waals surface area (Å²) in [7, 11) is 1.81. The molecule has 0 bridgehead atoms. The highest BCUT2D eigenvalue weighted by molar-refractivity contribution is 6.31. The third-order valence-electron chi connectivity index (χ3n) is 3.48. The van der Waals surface area contributed by atoms with Crippen LogP contribution < -0.4 is 14.8 Å². The van der Waals surface area contributed by atoms with Crippen LogP contribution in [0.2, 0.25) is 5.02 Å².